The third-order valence-corrected chi connectivity index (χ3v) is 3.32. The van der Waals surface area contributed by atoms with Crippen LogP contribution in [0.25, 0.3) is 0 Å². The van der Waals surface area contributed by atoms with E-state index in [0.29, 0.717) is 12.3 Å². The van der Waals surface area contributed by atoms with Crippen LogP contribution in [-0.4, -0.2) is 41.6 Å². The van der Waals surface area contributed by atoms with E-state index in [2.05, 4.69) is 12.2 Å². The van der Waals surface area contributed by atoms with E-state index in [0.717, 1.165) is 38.9 Å². The number of hydrogen-bond acceptors (Lipinski definition) is 2. The standard InChI is InChI=1S/C12H22N2O3/c1-2-10(4-5-11(15)16)6-9-14-8-3-7-13-12(14)17/h10H,2-9H2,1H3,(H,13,17)(H,15,16). The van der Waals surface area contributed by atoms with Crippen molar-refractivity contribution in [3.63, 3.8) is 0 Å². The van der Waals surface area contributed by atoms with E-state index < -0.39 is 5.97 Å². The van der Waals surface area contributed by atoms with Gasteiger partial charge < -0.3 is 15.3 Å². The van der Waals surface area contributed by atoms with Crippen molar-refractivity contribution >= 4 is 12.0 Å². The van der Waals surface area contributed by atoms with Crippen molar-refractivity contribution < 1.29 is 14.7 Å². The summed E-state index contributed by atoms with van der Waals surface area (Å²) in [4.78, 5) is 23.8. The number of carboxylic acid groups (broad SMARTS) is 1. The van der Waals surface area contributed by atoms with E-state index in [9.17, 15) is 9.59 Å². The first-order valence-corrected chi connectivity index (χ1v) is 6.38. The maximum atomic E-state index is 11.5. The second-order valence-electron chi connectivity index (χ2n) is 4.57. The lowest BCUT2D eigenvalue weighted by atomic mass is 9.96. The Labute approximate surface area is 102 Å². The van der Waals surface area contributed by atoms with Crippen LogP contribution in [0.15, 0.2) is 0 Å². The fourth-order valence-corrected chi connectivity index (χ4v) is 2.11. The predicted molar refractivity (Wildman–Crippen MR) is 64.9 cm³/mol. The molecule has 1 unspecified atom stereocenters. The van der Waals surface area contributed by atoms with Crippen LogP contribution in [0.4, 0.5) is 4.79 Å². The van der Waals surface area contributed by atoms with E-state index in [-0.39, 0.29) is 12.5 Å². The molecule has 1 saturated heterocycles. The molecular formula is C12H22N2O3. The number of hydrogen-bond donors (Lipinski definition) is 2. The molecule has 1 heterocycles. The summed E-state index contributed by atoms with van der Waals surface area (Å²) in [5.41, 5.74) is 0. The molecule has 1 aliphatic rings. The average Bonchev–Trinajstić information content (AvgIpc) is 2.31. The molecule has 0 spiro atoms. The molecule has 0 radical (unpaired) electrons. The molecule has 1 fully saturated rings. The lowest BCUT2D eigenvalue weighted by Gasteiger charge is -2.28. The molecule has 1 rings (SSSR count). The summed E-state index contributed by atoms with van der Waals surface area (Å²) in [5.74, 6) is -0.333. The topological polar surface area (TPSA) is 69.6 Å². The molecule has 1 atom stereocenters. The second kappa shape index (κ2) is 7.14. The first-order chi connectivity index (χ1) is 8.13. The van der Waals surface area contributed by atoms with Crippen LogP contribution < -0.4 is 5.32 Å². The van der Waals surface area contributed by atoms with Crippen LogP contribution in [0.3, 0.4) is 0 Å². The van der Waals surface area contributed by atoms with Gasteiger partial charge in [-0.2, -0.15) is 0 Å². The lowest BCUT2D eigenvalue weighted by Crippen LogP contribution is -2.46. The molecule has 1 aliphatic heterocycles. The molecule has 98 valence electrons. The minimum absolute atomic E-state index is 0.0179. The number of aliphatic carboxylic acids is 1. The molecular weight excluding hydrogens is 220 g/mol. The Morgan fingerprint density at radius 1 is 1.53 bits per heavy atom. The van der Waals surface area contributed by atoms with Crippen LogP contribution in [0.1, 0.15) is 39.0 Å². The highest BCUT2D eigenvalue weighted by Gasteiger charge is 2.18. The Balaban J connectivity index is 2.26. The number of nitrogens with zero attached hydrogens (tertiary/aromatic N) is 1. The van der Waals surface area contributed by atoms with Gasteiger partial charge in [0.15, 0.2) is 0 Å². The van der Waals surface area contributed by atoms with Gasteiger partial charge in [0.2, 0.25) is 0 Å². The summed E-state index contributed by atoms with van der Waals surface area (Å²) in [6, 6.07) is 0.0179. The number of carboxylic acids is 1. The van der Waals surface area contributed by atoms with Gasteiger partial charge in [-0.25, -0.2) is 4.79 Å². The van der Waals surface area contributed by atoms with Crippen molar-refractivity contribution in [2.45, 2.75) is 39.0 Å². The number of amides is 2. The molecule has 0 bridgehead atoms. The minimum atomic E-state index is -0.737. The van der Waals surface area contributed by atoms with Crippen LogP contribution in [0.5, 0.6) is 0 Å². The van der Waals surface area contributed by atoms with Crippen LogP contribution in [0.2, 0.25) is 0 Å². The Morgan fingerprint density at radius 3 is 2.88 bits per heavy atom. The third-order valence-electron chi connectivity index (χ3n) is 3.32. The summed E-state index contributed by atoms with van der Waals surface area (Å²) in [6.45, 7) is 4.40. The van der Waals surface area contributed by atoms with Crippen molar-refractivity contribution in [1.82, 2.24) is 10.2 Å². The Hall–Kier alpha value is -1.26. The van der Waals surface area contributed by atoms with E-state index in [1.165, 1.54) is 0 Å². The molecule has 2 amide bonds. The average molecular weight is 242 g/mol. The zero-order valence-corrected chi connectivity index (χ0v) is 10.4. The van der Waals surface area contributed by atoms with E-state index in [1.807, 2.05) is 4.90 Å². The number of rotatable bonds is 7. The first-order valence-electron chi connectivity index (χ1n) is 6.38. The summed E-state index contributed by atoms with van der Waals surface area (Å²) < 4.78 is 0. The molecule has 5 heteroatoms. The van der Waals surface area contributed by atoms with E-state index in [4.69, 9.17) is 5.11 Å². The monoisotopic (exact) mass is 242 g/mol. The summed E-state index contributed by atoms with van der Waals surface area (Å²) in [6.07, 6.45) is 3.81. The summed E-state index contributed by atoms with van der Waals surface area (Å²) in [7, 11) is 0. The molecule has 0 aromatic heterocycles. The maximum Gasteiger partial charge on any atom is 0.317 e. The van der Waals surface area contributed by atoms with Crippen LogP contribution in [-0.2, 0) is 4.79 Å². The van der Waals surface area contributed by atoms with Crippen molar-refractivity contribution in [3.8, 4) is 0 Å². The first kappa shape index (κ1) is 13.8. The third kappa shape index (κ3) is 5.06. The van der Waals surface area contributed by atoms with Gasteiger partial charge in [0.1, 0.15) is 0 Å². The second-order valence-corrected chi connectivity index (χ2v) is 4.57. The van der Waals surface area contributed by atoms with Crippen molar-refractivity contribution in [3.05, 3.63) is 0 Å². The van der Waals surface area contributed by atoms with Crippen molar-refractivity contribution in [2.75, 3.05) is 19.6 Å². The summed E-state index contributed by atoms with van der Waals surface area (Å²) in [5, 5.41) is 11.5. The predicted octanol–water partition coefficient (Wildman–Crippen LogP) is 1.68. The number of urea groups is 1. The molecule has 5 nitrogen and oxygen atoms in total. The van der Waals surface area contributed by atoms with Crippen molar-refractivity contribution in [2.24, 2.45) is 5.92 Å². The lowest BCUT2D eigenvalue weighted by molar-refractivity contribution is -0.137. The molecule has 17 heavy (non-hydrogen) atoms. The number of carbonyl (C=O) groups is 2. The zero-order chi connectivity index (χ0) is 12.7. The highest BCUT2D eigenvalue weighted by atomic mass is 16.4. The smallest absolute Gasteiger partial charge is 0.317 e. The van der Waals surface area contributed by atoms with E-state index >= 15 is 0 Å². The Morgan fingerprint density at radius 2 is 2.29 bits per heavy atom. The van der Waals surface area contributed by atoms with Crippen LogP contribution in [0, 0.1) is 5.92 Å². The highest BCUT2D eigenvalue weighted by molar-refractivity contribution is 5.74. The molecule has 0 saturated carbocycles. The van der Waals surface area contributed by atoms with Gasteiger partial charge in [0, 0.05) is 26.1 Å². The zero-order valence-electron chi connectivity index (χ0n) is 10.4. The van der Waals surface area contributed by atoms with Gasteiger partial charge in [-0.1, -0.05) is 13.3 Å². The van der Waals surface area contributed by atoms with Crippen LogP contribution >= 0.6 is 0 Å². The Bertz CT molecular complexity index is 268. The molecule has 0 aromatic carbocycles. The van der Waals surface area contributed by atoms with E-state index in [1.54, 1.807) is 0 Å². The molecule has 2 N–H and O–H groups in total. The highest BCUT2D eigenvalue weighted by Crippen LogP contribution is 2.16. The normalized spacial score (nSPS) is 17.7. The largest absolute Gasteiger partial charge is 0.481 e. The SMILES string of the molecule is CCC(CCC(=O)O)CCN1CCCNC1=O. The number of carbonyl (C=O) groups excluding carboxylic acids is 1. The quantitative estimate of drug-likeness (QED) is 0.713. The maximum absolute atomic E-state index is 11.5. The van der Waals surface area contributed by atoms with Gasteiger partial charge in [-0.3, -0.25) is 4.79 Å². The Kier molecular flexibility index (Phi) is 5.80. The van der Waals surface area contributed by atoms with Gasteiger partial charge in [-0.05, 0) is 25.2 Å². The fraction of sp³-hybridized carbons (Fsp3) is 0.833. The molecule has 0 aromatic rings. The number of nitrogens with one attached hydrogen (secondary N) is 1. The van der Waals surface area contributed by atoms with Gasteiger partial charge >= 0.3 is 12.0 Å². The molecule has 0 aliphatic carbocycles. The van der Waals surface area contributed by atoms with Crippen molar-refractivity contribution in [1.29, 1.82) is 0 Å². The van der Waals surface area contributed by atoms with Gasteiger partial charge in [0.05, 0.1) is 0 Å². The fourth-order valence-electron chi connectivity index (χ4n) is 2.11. The van der Waals surface area contributed by atoms with Gasteiger partial charge in [-0.15, -0.1) is 0 Å². The van der Waals surface area contributed by atoms with Gasteiger partial charge in [0.25, 0.3) is 0 Å². The minimum Gasteiger partial charge on any atom is -0.481 e. The summed E-state index contributed by atoms with van der Waals surface area (Å²) >= 11 is 0.